The molecule has 1 saturated heterocycles. The maximum Gasteiger partial charge on any atom is 0.0641 e. The number of rotatable bonds is 3. The molecule has 1 aliphatic heterocycles. The number of halogens is 2. The maximum absolute atomic E-state index is 6.27. The Morgan fingerprint density at radius 3 is 2.79 bits per heavy atom. The largest absolute Gasteiger partial charge is 0.375 e. The third-order valence-electron chi connectivity index (χ3n) is 3.63. The van der Waals surface area contributed by atoms with Crippen molar-refractivity contribution in [1.29, 1.82) is 0 Å². The van der Waals surface area contributed by atoms with Crippen LogP contribution in [0.3, 0.4) is 0 Å². The fourth-order valence-corrected chi connectivity index (χ4v) is 3.14. The second-order valence-corrected chi connectivity index (χ2v) is 6.61. The molecule has 1 aromatic carbocycles. The molecule has 0 aliphatic carbocycles. The molecular weight excluding hydrogens is 281 g/mol. The first-order valence-electron chi connectivity index (χ1n) is 6.73. The van der Waals surface area contributed by atoms with Gasteiger partial charge in [-0.15, -0.1) is 0 Å². The Kier molecular flexibility index (Phi) is 4.78. The lowest BCUT2D eigenvalue weighted by atomic mass is 9.93. The maximum atomic E-state index is 6.27. The summed E-state index contributed by atoms with van der Waals surface area (Å²) < 4.78 is 5.74. The van der Waals surface area contributed by atoms with E-state index >= 15 is 0 Å². The Bertz CT molecular complexity index is 448. The van der Waals surface area contributed by atoms with Crippen LogP contribution < -0.4 is 5.32 Å². The van der Waals surface area contributed by atoms with Gasteiger partial charge in [0, 0.05) is 18.7 Å². The van der Waals surface area contributed by atoms with Gasteiger partial charge in [0.25, 0.3) is 0 Å². The minimum Gasteiger partial charge on any atom is -0.375 e. The van der Waals surface area contributed by atoms with Crippen LogP contribution in [0.2, 0.25) is 10.0 Å². The third kappa shape index (κ3) is 3.85. The molecule has 0 spiro atoms. The molecule has 4 heteroatoms. The van der Waals surface area contributed by atoms with Crippen molar-refractivity contribution in [3.05, 3.63) is 33.8 Å². The van der Waals surface area contributed by atoms with Gasteiger partial charge >= 0.3 is 0 Å². The summed E-state index contributed by atoms with van der Waals surface area (Å²) in [5.41, 5.74) is 1.01. The SMILES string of the molecule is CC(NC1CCOC(C)(C)C1)c1cccc(Cl)c1Cl. The van der Waals surface area contributed by atoms with Crippen LogP contribution in [-0.4, -0.2) is 18.2 Å². The number of hydrogen-bond acceptors (Lipinski definition) is 2. The first-order chi connectivity index (χ1) is 8.89. The van der Waals surface area contributed by atoms with Crippen molar-refractivity contribution in [2.24, 2.45) is 0 Å². The summed E-state index contributed by atoms with van der Waals surface area (Å²) in [5, 5.41) is 4.90. The van der Waals surface area contributed by atoms with Crippen LogP contribution in [0.5, 0.6) is 0 Å². The summed E-state index contributed by atoms with van der Waals surface area (Å²) in [6.07, 6.45) is 2.04. The van der Waals surface area contributed by atoms with Crippen molar-refractivity contribution in [3.8, 4) is 0 Å². The van der Waals surface area contributed by atoms with E-state index in [2.05, 4.69) is 26.1 Å². The molecule has 1 heterocycles. The van der Waals surface area contributed by atoms with Crippen molar-refractivity contribution in [3.63, 3.8) is 0 Å². The topological polar surface area (TPSA) is 21.3 Å². The lowest BCUT2D eigenvalue weighted by molar-refractivity contribution is -0.0639. The Morgan fingerprint density at radius 2 is 2.11 bits per heavy atom. The van der Waals surface area contributed by atoms with Gasteiger partial charge in [-0.3, -0.25) is 0 Å². The normalized spacial score (nSPS) is 24.2. The monoisotopic (exact) mass is 301 g/mol. The van der Waals surface area contributed by atoms with Gasteiger partial charge < -0.3 is 10.1 Å². The fourth-order valence-electron chi connectivity index (χ4n) is 2.67. The van der Waals surface area contributed by atoms with E-state index < -0.39 is 0 Å². The quantitative estimate of drug-likeness (QED) is 0.881. The molecular formula is C15H21Cl2NO. The van der Waals surface area contributed by atoms with E-state index in [0.717, 1.165) is 25.0 Å². The Balaban J connectivity index is 2.04. The smallest absolute Gasteiger partial charge is 0.0641 e. The van der Waals surface area contributed by atoms with Crippen LogP contribution in [0.25, 0.3) is 0 Å². The number of ether oxygens (including phenoxy) is 1. The molecule has 1 fully saturated rings. The van der Waals surface area contributed by atoms with E-state index in [4.69, 9.17) is 27.9 Å². The molecule has 1 aliphatic rings. The summed E-state index contributed by atoms with van der Waals surface area (Å²) in [6.45, 7) is 7.20. The molecule has 2 nitrogen and oxygen atoms in total. The lowest BCUT2D eigenvalue weighted by Crippen LogP contribution is -2.44. The van der Waals surface area contributed by atoms with Gasteiger partial charge in [0.2, 0.25) is 0 Å². The first kappa shape index (κ1) is 15.1. The van der Waals surface area contributed by atoms with Gasteiger partial charge in [-0.2, -0.15) is 0 Å². The first-order valence-corrected chi connectivity index (χ1v) is 7.48. The number of hydrogen-bond donors (Lipinski definition) is 1. The predicted molar refractivity (Wildman–Crippen MR) is 81.1 cm³/mol. The summed E-state index contributed by atoms with van der Waals surface area (Å²) in [7, 11) is 0. The predicted octanol–water partition coefficient (Wildman–Crippen LogP) is 4.60. The highest BCUT2D eigenvalue weighted by Crippen LogP contribution is 2.31. The van der Waals surface area contributed by atoms with E-state index in [0.29, 0.717) is 16.1 Å². The highest BCUT2D eigenvalue weighted by molar-refractivity contribution is 6.42. The van der Waals surface area contributed by atoms with Gasteiger partial charge in [0.15, 0.2) is 0 Å². The lowest BCUT2D eigenvalue weighted by Gasteiger charge is -2.37. The zero-order valence-corrected chi connectivity index (χ0v) is 13.2. The minimum atomic E-state index is -0.0479. The second kappa shape index (κ2) is 6.01. The molecule has 19 heavy (non-hydrogen) atoms. The van der Waals surface area contributed by atoms with Crippen LogP contribution in [0, 0.1) is 0 Å². The Labute approximate surface area is 125 Å². The van der Waals surface area contributed by atoms with Crippen LogP contribution in [0.15, 0.2) is 18.2 Å². The molecule has 0 bridgehead atoms. The van der Waals surface area contributed by atoms with Crippen LogP contribution >= 0.6 is 23.2 Å². The Hall–Kier alpha value is -0.280. The Morgan fingerprint density at radius 1 is 1.37 bits per heavy atom. The number of benzene rings is 1. The average Bonchev–Trinajstić information content (AvgIpc) is 2.31. The summed E-state index contributed by atoms with van der Waals surface area (Å²) in [4.78, 5) is 0. The van der Waals surface area contributed by atoms with E-state index in [-0.39, 0.29) is 11.6 Å². The minimum absolute atomic E-state index is 0.0479. The fraction of sp³-hybridized carbons (Fsp3) is 0.600. The third-order valence-corrected chi connectivity index (χ3v) is 4.46. The average molecular weight is 302 g/mol. The highest BCUT2D eigenvalue weighted by atomic mass is 35.5. The van der Waals surface area contributed by atoms with Crippen LogP contribution in [-0.2, 0) is 4.74 Å². The van der Waals surface area contributed by atoms with E-state index in [1.54, 1.807) is 0 Å². The molecule has 0 aromatic heterocycles. The summed E-state index contributed by atoms with van der Waals surface area (Å²) in [6, 6.07) is 6.42. The van der Waals surface area contributed by atoms with Crippen molar-refractivity contribution < 1.29 is 4.74 Å². The molecule has 2 atom stereocenters. The van der Waals surface area contributed by atoms with Crippen molar-refractivity contribution in [2.45, 2.75) is 51.3 Å². The zero-order valence-electron chi connectivity index (χ0n) is 11.7. The zero-order chi connectivity index (χ0) is 14.0. The molecule has 0 saturated carbocycles. The molecule has 0 radical (unpaired) electrons. The molecule has 0 amide bonds. The van der Waals surface area contributed by atoms with Gasteiger partial charge in [0.1, 0.15) is 0 Å². The standard InChI is InChI=1S/C15H21Cl2NO/c1-10(12-5-4-6-13(16)14(12)17)18-11-7-8-19-15(2,3)9-11/h4-6,10-11,18H,7-9H2,1-3H3. The number of nitrogens with one attached hydrogen (secondary N) is 1. The van der Waals surface area contributed by atoms with Crippen LogP contribution in [0.4, 0.5) is 0 Å². The summed E-state index contributed by atoms with van der Waals surface area (Å²) >= 11 is 12.3. The summed E-state index contributed by atoms with van der Waals surface area (Å²) in [5.74, 6) is 0. The van der Waals surface area contributed by atoms with Gasteiger partial charge in [-0.05, 0) is 45.2 Å². The van der Waals surface area contributed by atoms with Crippen molar-refractivity contribution in [1.82, 2.24) is 5.32 Å². The molecule has 2 unspecified atom stereocenters. The van der Waals surface area contributed by atoms with Gasteiger partial charge in [0.05, 0.1) is 15.6 Å². The van der Waals surface area contributed by atoms with Gasteiger partial charge in [-0.1, -0.05) is 35.3 Å². The molecule has 106 valence electrons. The van der Waals surface area contributed by atoms with Crippen LogP contribution in [0.1, 0.15) is 45.2 Å². The molecule has 1 aromatic rings. The molecule has 2 rings (SSSR count). The van der Waals surface area contributed by atoms with E-state index in [1.807, 2.05) is 18.2 Å². The van der Waals surface area contributed by atoms with E-state index in [9.17, 15) is 0 Å². The van der Waals surface area contributed by atoms with Crippen molar-refractivity contribution in [2.75, 3.05) is 6.61 Å². The molecule has 1 N–H and O–H groups in total. The highest BCUT2D eigenvalue weighted by Gasteiger charge is 2.29. The van der Waals surface area contributed by atoms with E-state index in [1.165, 1.54) is 0 Å². The van der Waals surface area contributed by atoms with Gasteiger partial charge in [-0.25, -0.2) is 0 Å². The second-order valence-electron chi connectivity index (χ2n) is 5.83. The van der Waals surface area contributed by atoms with Crippen molar-refractivity contribution >= 4 is 23.2 Å².